The minimum absolute atomic E-state index is 0.234. The Balaban J connectivity index is 1.83. The van der Waals surface area contributed by atoms with E-state index in [0.29, 0.717) is 17.4 Å². The van der Waals surface area contributed by atoms with Crippen LogP contribution in [0.5, 0.6) is 0 Å². The predicted octanol–water partition coefficient (Wildman–Crippen LogP) is 3.07. The number of fused-ring (bicyclic) bond motifs is 1. The van der Waals surface area contributed by atoms with Crippen molar-refractivity contribution in [2.75, 3.05) is 18.4 Å². The first-order valence-electron chi connectivity index (χ1n) is 7.98. The van der Waals surface area contributed by atoms with E-state index in [1.807, 2.05) is 19.1 Å². The van der Waals surface area contributed by atoms with E-state index in [1.165, 1.54) is 12.8 Å². The second kappa shape index (κ2) is 5.97. The van der Waals surface area contributed by atoms with Crippen LogP contribution in [0, 0.1) is 5.92 Å². The van der Waals surface area contributed by atoms with E-state index in [2.05, 4.69) is 5.32 Å². The van der Waals surface area contributed by atoms with Gasteiger partial charge in [0.25, 0.3) is 0 Å². The Hall–Kier alpha value is -1.07. The van der Waals surface area contributed by atoms with Gasteiger partial charge in [0.15, 0.2) is 0 Å². The fourth-order valence-electron chi connectivity index (χ4n) is 3.75. The molecule has 21 heavy (non-hydrogen) atoms. The number of nitrogens with zero attached hydrogens (tertiary/aromatic N) is 1. The highest BCUT2D eigenvalue weighted by molar-refractivity contribution is 7.89. The second-order valence-corrected chi connectivity index (χ2v) is 7.96. The lowest BCUT2D eigenvalue weighted by molar-refractivity contribution is 0.260. The number of sulfonamides is 1. The third-order valence-corrected chi connectivity index (χ3v) is 6.74. The zero-order chi connectivity index (χ0) is 14.9. The molecular weight excluding hydrogens is 284 g/mol. The Bertz CT molecular complexity index is 583. The maximum Gasteiger partial charge on any atom is 0.243 e. The van der Waals surface area contributed by atoms with E-state index >= 15 is 0 Å². The lowest BCUT2D eigenvalue weighted by Gasteiger charge is -2.31. The molecule has 0 radical (unpaired) electrons. The van der Waals surface area contributed by atoms with E-state index in [0.717, 1.165) is 31.5 Å². The van der Waals surface area contributed by atoms with Crippen LogP contribution in [0.25, 0.3) is 0 Å². The summed E-state index contributed by atoms with van der Waals surface area (Å²) in [7, 11) is -3.34. The molecule has 116 valence electrons. The summed E-state index contributed by atoms with van der Waals surface area (Å²) in [6.45, 7) is 3.55. The summed E-state index contributed by atoms with van der Waals surface area (Å²) in [5.74, 6) is 0.578. The number of hydrogen-bond donors (Lipinski definition) is 1. The predicted molar refractivity (Wildman–Crippen MR) is 84.9 cm³/mol. The molecule has 2 atom stereocenters. The van der Waals surface area contributed by atoms with E-state index in [-0.39, 0.29) is 6.04 Å². The number of nitrogens with one attached hydrogen (secondary N) is 1. The summed E-state index contributed by atoms with van der Waals surface area (Å²) in [6, 6.07) is 7.39. The van der Waals surface area contributed by atoms with Crippen molar-refractivity contribution in [3.05, 3.63) is 24.3 Å². The average molecular weight is 308 g/mol. The average Bonchev–Trinajstić information content (AvgIpc) is 2.93. The van der Waals surface area contributed by atoms with Gasteiger partial charge in [-0.1, -0.05) is 12.8 Å². The second-order valence-electron chi connectivity index (χ2n) is 6.07. The van der Waals surface area contributed by atoms with Gasteiger partial charge in [-0.15, -0.1) is 0 Å². The zero-order valence-electron chi connectivity index (χ0n) is 12.6. The quantitative estimate of drug-likeness (QED) is 0.930. The van der Waals surface area contributed by atoms with Crippen LogP contribution in [-0.4, -0.2) is 31.9 Å². The summed E-state index contributed by atoms with van der Waals surface area (Å²) < 4.78 is 27.5. The number of benzene rings is 1. The third kappa shape index (κ3) is 2.81. The minimum atomic E-state index is -3.34. The van der Waals surface area contributed by atoms with E-state index < -0.39 is 10.0 Å². The van der Waals surface area contributed by atoms with Crippen LogP contribution in [0.15, 0.2) is 29.2 Å². The fourth-order valence-corrected chi connectivity index (χ4v) is 5.48. The van der Waals surface area contributed by atoms with Crippen LogP contribution in [0.1, 0.15) is 39.0 Å². The van der Waals surface area contributed by atoms with Crippen LogP contribution >= 0.6 is 0 Å². The van der Waals surface area contributed by atoms with Crippen LogP contribution < -0.4 is 5.32 Å². The first kappa shape index (κ1) is 14.9. The van der Waals surface area contributed by atoms with Gasteiger partial charge in [-0.2, -0.15) is 4.31 Å². The largest absolute Gasteiger partial charge is 0.385 e. The summed E-state index contributed by atoms with van der Waals surface area (Å²) >= 11 is 0. The van der Waals surface area contributed by atoms with Crippen LogP contribution in [0.4, 0.5) is 5.69 Å². The number of hydrogen-bond acceptors (Lipinski definition) is 3. The third-order valence-electron chi connectivity index (χ3n) is 4.80. The maximum absolute atomic E-state index is 12.9. The Morgan fingerprint density at radius 3 is 2.57 bits per heavy atom. The highest BCUT2D eigenvalue weighted by Crippen LogP contribution is 2.39. The Labute approximate surface area is 127 Å². The van der Waals surface area contributed by atoms with Crippen molar-refractivity contribution in [3.8, 4) is 0 Å². The van der Waals surface area contributed by atoms with E-state index in [9.17, 15) is 8.42 Å². The van der Waals surface area contributed by atoms with Crippen LogP contribution in [0.2, 0.25) is 0 Å². The van der Waals surface area contributed by atoms with Crippen molar-refractivity contribution in [2.45, 2.75) is 50.0 Å². The van der Waals surface area contributed by atoms with Crippen molar-refractivity contribution in [1.82, 2.24) is 4.31 Å². The van der Waals surface area contributed by atoms with Gasteiger partial charge in [0.05, 0.1) is 4.90 Å². The minimum Gasteiger partial charge on any atom is -0.385 e. The molecule has 1 aromatic rings. The molecule has 2 unspecified atom stereocenters. The fraction of sp³-hybridized carbons (Fsp3) is 0.625. The van der Waals surface area contributed by atoms with Gasteiger partial charge in [-0.05, 0) is 56.4 Å². The number of rotatable bonds is 4. The molecule has 5 heteroatoms. The summed E-state index contributed by atoms with van der Waals surface area (Å²) in [6.07, 6.45) is 5.66. The van der Waals surface area contributed by atoms with Crippen molar-refractivity contribution >= 4 is 15.7 Å². The molecule has 3 rings (SSSR count). The van der Waals surface area contributed by atoms with Gasteiger partial charge in [-0.25, -0.2) is 8.42 Å². The standard InChI is InChI=1S/C16H24N2O2S/c1-2-17-14-7-9-15(10-8-14)21(19,20)18-12-11-13-5-3-4-6-16(13)18/h7-10,13,16-17H,2-6,11-12H2,1H3. The molecule has 1 saturated heterocycles. The lowest BCUT2D eigenvalue weighted by atomic mass is 9.86. The highest BCUT2D eigenvalue weighted by Gasteiger charge is 2.42. The first-order valence-corrected chi connectivity index (χ1v) is 9.42. The van der Waals surface area contributed by atoms with Gasteiger partial charge in [0.2, 0.25) is 10.0 Å². The summed E-state index contributed by atoms with van der Waals surface area (Å²) in [4.78, 5) is 0.426. The molecule has 0 spiro atoms. The molecule has 1 heterocycles. The molecule has 0 amide bonds. The molecule has 1 aromatic carbocycles. The first-order chi connectivity index (χ1) is 10.1. The van der Waals surface area contributed by atoms with Gasteiger partial charge in [0, 0.05) is 24.8 Å². The molecule has 4 nitrogen and oxygen atoms in total. The van der Waals surface area contributed by atoms with Gasteiger partial charge >= 0.3 is 0 Å². The molecule has 1 aliphatic heterocycles. The number of anilines is 1. The molecule has 1 aliphatic carbocycles. The van der Waals surface area contributed by atoms with Crippen molar-refractivity contribution in [2.24, 2.45) is 5.92 Å². The van der Waals surface area contributed by atoms with Crippen molar-refractivity contribution in [3.63, 3.8) is 0 Å². The highest BCUT2D eigenvalue weighted by atomic mass is 32.2. The molecule has 1 N–H and O–H groups in total. The SMILES string of the molecule is CCNc1ccc(S(=O)(=O)N2CCC3CCCCC32)cc1. The molecule has 2 aliphatic rings. The Morgan fingerprint density at radius 1 is 1.14 bits per heavy atom. The molecule has 0 aromatic heterocycles. The molecule has 2 fully saturated rings. The Kier molecular flexibility index (Phi) is 4.22. The van der Waals surface area contributed by atoms with Gasteiger partial charge in [0.1, 0.15) is 0 Å². The van der Waals surface area contributed by atoms with Crippen LogP contribution in [-0.2, 0) is 10.0 Å². The molecule has 0 bridgehead atoms. The lowest BCUT2D eigenvalue weighted by Crippen LogP contribution is -2.39. The molecule has 1 saturated carbocycles. The van der Waals surface area contributed by atoms with Gasteiger partial charge < -0.3 is 5.32 Å². The Morgan fingerprint density at radius 2 is 1.86 bits per heavy atom. The van der Waals surface area contributed by atoms with Crippen molar-refractivity contribution < 1.29 is 8.42 Å². The smallest absolute Gasteiger partial charge is 0.243 e. The van der Waals surface area contributed by atoms with Crippen molar-refractivity contribution in [1.29, 1.82) is 0 Å². The zero-order valence-corrected chi connectivity index (χ0v) is 13.4. The van der Waals surface area contributed by atoms with Crippen LogP contribution in [0.3, 0.4) is 0 Å². The van der Waals surface area contributed by atoms with Gasteiger partial charge in [-0.3, -0.25) is 0 Å². The normalized spacial score (nSPS) is 26.5. The summed E-state index contributed by atoms with van der Waals surface area (Å²) in [5, 5.41) is 3.19. The molecular formula is C16H24N2O2S. The van der Waals surface area contributed by atoms with E-state index in [1.54, 1.807) is 16.4 Å². The monoisotopic (exact) mass is 308 g/mol. The topological polar surface area (TPSA) is 49.4 Å². The summed E-state index contributed by atoms with van der Waals surface area (Å²) in [5.41, 5.74) is 0.966. The van der Waals surface area contributed by atoms with E-state index in [4.69, 9.17) is 0 Å². The maximum atomic E-state index is 12.9.